The van der Waals surface area contributed by atoms with E-state index in [0.29, 0.717) is 23.4 Å². The predicted molar refractivity (Wildman–Crippen MR) is 94.3 cm³/mol. The molecule has 3 nitrogen and oxygen atoms in total. The van der Waals surface area contributed by atoms with Crippen molar-refractivity contribution in [3.05, 3.63) is 77.3 Å². The Kier molecular flexibility index (Phi) is 4.66. The molecule has 0 amide bonds. The zero-order valence-electron chi connectivity index (χ0n) is 12.4. The summed E-state index contributed by atoms with van der Waals surface area (Å²) in [5.41, 5.74) is 1.09. The molecule has 3 rings (SSSR count). The third kappa shape index (κ3) is 3.55. The molecule has 0 aromatic heterocycles. The molecule has 23 heavy (non-hydrogen) atoms. The van der Waals surface area contributed by atoms with Gasteiger partial charge in [-0.15, -0.1) is 0 Å². The van der Waals surface area contributed by atoms with E-state index in [1.165, 1.54) is 0 Å². The quantitative estimate of drug-likeness (QED) is 0.759. The van der Waals surface area contributed by atoms with Crippen molar-refractivity contribution in [2.75, 3.05) is 6.54 Å². The Morgan fingerprint density at radius 2 is 1.48 bits per heavy atom. The molecule has 0 heterocycles. The van der Waals surface area contributed by atoms with E-state index in [0.717, 1.165) is 10.9 Å². The average molecular weight is 346 g/mol. The summed E-state index contributed by atoms with van der Waals surface area (Å²) in [6.07, 6.45) is 0.644. The molecule has 1 N–H and O–H groups in total. The Bertz CT molecular complexity index is 924. The Hall–Kier alpha value is -1.88. The molecule has 0 aliphatic heterocycles. The fourth-order valence-corrected chi connectivity index (χ4v) is 3.99. The van der Waals surface area contributed by atoms with E-state index in [4.69, 9.17) is 11.6 Å². The zero-order chi connectivity index (χ0) is 16.3. The number of halogens is 1. The highest BCUT2D eigenvalue weighted by Gasteiger charge is 2.17. The van der Waals surface area contributed by atoms with Crippen molar-refractivity contribution >= 4 is 32.4 Å². The van der Waals surface area contributed by atoms with Crippen LogP contribution < -0.4 is 4.72 Å². The maximum absolute atomic E-state index is 12.6. The van der Waals surface area contributed by atoms with Gasteiger partial charge in [0.15, 0.2) is 0 Å². The minimum Gasteiger partial charge on any atom is -0.211 e. The van der Waals surface area contributed by atoms with Crippen molar-refractivity contribution in [1.29, 1.82) is 0 Å². The largest absolute Gasteiger partial charge is 0.241 e. The first-order valence-electron chi connectivity index (χ1n) is 7.29. The number of benzene rings is 3. The Morgan fingerprint density at radius 1 is 0.826 bits per heavy atom. The summed E-state index contributed by atoms with van der Waals surface area (Å²) in [5, 5.41) is 1.91. The summed E-state index contributed by atoms with van der Waals surface area (Å²) in [6.45, 7) is 0.350. The first kappa shape index (κ1) is 16.0. The fraction of sp³-hybridized carbons (Fsp3) is 0.111. The molecule has 0 saturated heterocycles. The van der Waals surface area contributed by atoms with Gasteiger partial charge < -0.3 is 0 Å². The van der Waals surface area contributed by atoms with Crippen LogP contribution in [0.15, 0.2) is 71.6 Å². The second-order valence-electron chi connectivity index (χ2n) is 5.22. The fourth-order valence-electron chi connectivity index (χ4n) is 2.52. The lowest BCUT2D eigenvalue weighted by Gasteiger charge is -2.10. The molecule has 0 fully saturated rings. The minimum atomic E-state index is -3.58. The monoisotopic (exact) mass is 345 g/mol. The molecule has 0 aliphatic carbocycles. The van der Waals surface area contributed by atoms with Crippen LogP contribution in [0.5, 0.6) is 0 Å². The Morgan fingerprint density at radius 3 is 2.22 bits per heavy atom. The molecule has 0 aliphatic rings. The summed E-state index contributed by atoms with van der Waals surface area (Å²) in [4.78, 5) is 0.255. The maximum Gasteiger partial charge on any atom is 0.241 e. The molecule has 0 bridgehead atoms. The second kappa shape index (κ2) is 6.71. The van der Waals surface area contributed by atoms with E-state index >= 15 is 0 Å². The van der Waals surface area contributed by atoms with Crippen LogP contribution in [0.3, 0.4) is 0 Å². The van der Waals surface area contributed by atoms with Crippen LogP contribution in [-0.2, 0) is 16.4 Å². The highest BCUT2D eigenvalue weighted by molar-refractivity contribution is 7.89. The van der Waals surface area contributed by atoms with Gasteiger partial charge in [-0.1, -0.05) is 66.2 Å². The lowest BCUT2D eigenvalue weighted by atomic mass is 10.1. The number of nitrogens with one attached hydrogen (secondary N) is 1. The zero-order valence-corrected chi connectivity index (χ0v) is 13.9. The third-order valence-electron chi connectivity index (χ3n) is 3.67. The molecule has 0 saturated carbocycles. The van der Waals surface area contributed by atoms with E-state index in [1.54, 1.807) is 18.2 Å². The molecular formula is C18H16ClNO2S. The molecule has 3 aromatic carbocycles. The van der Waals surface area contributed by atoms with Gasteiger partial charge in [-0.3, -0.25) is 0 Å². The van der Waals surface area contributed by atoms with Gasteiger partial charge in [0.25, 0.3) is 0 Å². The van der Waals surface area contributed by atoms with Crippen molar-refractivity contribution in [2.45, 2.75) is 11.3 Å². The van der Waals surface area contributed by atoms with Crippen LogP contribution in [-0.4, -0.2) is 15.0 Å². The first-order valence-corrected chi connectivity index (χ1v) is 9.15. The van der Waals surface area contributed by atoms with Gasteiger partial charge in [0, 0.05) is 22.3 Å². The van der Waals surface area contributed by atoms with Gasteiger partial charge in [-0.05, 0) is 24.1 Å². The number of sulfonamides is 1. The van der Waals surface area contributed by atoms with Gasteiger partial charge in [-0.2, -0.15) is 0 Å². The van der Waals surface area contributed by atoms with E-state index in [9.17, 15) is 8.42 Å². The number of rotatable bonds is 5. The number of hydrogen-bond acceptors (Lipinski definition) is 2. The molecular weight excluding hydrogens is 330 g/mol. The highest BCUT2D eigenvalue weighted by Crippen LogP contribution is 2.28. The summed E-state index contributed by atoms with van der Waals surface area (Å²) >= 11 is 6.15. The van der Waals surface area contributed by atoms with Crippen molar-refractivity contribution in [1.82, 2.24) is 4.72 Å². The van der Waals surface area contributed by atoms with E-state index in [1.807, 2.05) is 48.5 Å². The topological polar surface area (TPSA) is 46.2 Å². The summed E-state index contributed by atoms with van der Waals surface area (Å²) in [6, 6.07) is 20.2. The SMILES string of the molecule is O=S(=O)(NCCc1ccccc1)c1ccc(Cl)c2ccccc12. The molecule has 0 atom stereocenters. The maximum atomic E-state index is 12.6. The molecule has 5 heteroatoms. The van der Waals surface area contributed by atoms with Crippen LogP contribution in [0.2, 0.25) is 5.02 Å². The van der Waals surface area contributed by atoms with Crippen LogP contribution >= 0.6 is 11.6 Å². The first-order chi connectivity index (χ1) is 11.1. The van der Waals surface area contributed by atoms with Crippen molar-refractivity contribution in [3.63, 3.8) is 0 Å². The summed E-state index contributed by atoms with van der Waals surface area (Å²) in [7, 11) is -3.58. The lowest BCUT2D eigenvalue weighted by molar-refractivity contribution is 0.582. The van der Waals surface area contributed by atoms with Gasteiger partial charge >= 0.3 is 0 Å². The van der Waals surface area contributed by atoms with Gasteiger partial charge in [0.2, 0.25) is 10.0 Å². The highest BCUT2D eigenvalue weighted by atomic mass is 35.5. The molecule has 118 valence electrons. The van der Waals surface area contributed by atoms with Crippen LogP contribution in [0, 0.1) is 0 Å². The summed E-state index contributed by atoms with van der Waals surface area (Å²) in [5.74, 6) is 0. The van der Waals surface area contributed by atoms with Crippen LogP contribution in [0.25, 0.3) is 10.8 Å². The van der Waals surface area contributed by atoms with Crippen molar-refractivity contribution in [2.24, 2.45) is 0 Å². The van der Waals surface area contributed by atoms with Gasteiger partial charge in [0.05, 0.1) is 4.90 Å². The van der Waals surface area contributed by atoms with Crippen LogP contribution in [0.4, 0.5) is 0 Å². The van der Waals surface area contributed by atoms with E-state index in [2.05, 4.69) is 4.72 Å². The third-order valence-corrected chi connectivity index (χ3v) is 5.52. The average Bonchev–Trinajstić information content (AvgIpc) is 2.56. The summed E-state index contributed by atoms with van der Waals surface area (Å²) < 4.78 is 27.9. The normalized spacial score (nSPS) is 11.7. The van der Waals surface area contributed by atoms with E-state index in [-0.39, 0.29) is 4.90 Å². The van der Waals surface area contributed by atoms with Crippen LogP contribution in [0.1, 0.15) is 5.56 Å². The molecule has 0 unspecified atom stereocenters. The number of fused-ring (bicyclic) bond motifs is 1. The van der Waals surface area contributed by atoms with E-state index < -0.39 is 10.0 Å². The molecule has 3 aromatic rings. The smallest absolute Gasteiger partial charge is 0.211 e. The minimum absolute atomic E-state index is 0.255. The Labute approximate surface area is 141 Å². The molecule has 0 radical (unpaired) electrons. The lowest BCUT2D eigenvalue weighted by Crippen LogP contribution is -2.26. The molecule has 0 spiro atoms. The van der Waals surface area contributed by atoms with Gasteiger partial charge in [0.1, 0.15) is 0 Å². The van der Waals surface area contributed by atoms with Crippen molar-refractivity contribution < 1.29 is 8.42 Å². The predicted octanol–water partition coefficient (Wildman–Crippen LogP) is 4.01. The number of hydrogen-bond donors (Lipinski definition) is 1. The second-order valence-corrected chi connectivity index (χ2v) is 7.37. The standard InChI is InChI=1S/C18H16ClNO2S/c19-17-10-11-18(16-9-5-4-8-15(16)17)23(21,22)20-13-12-14-6-2-1-3-7-14/h1-11,20H,12-13H2. The van der Waals surface area contributed by atoms with Crippen molar-refractivity contribution in [3.8, 4) is 0 Å². The Balaban J connectivity index is 1.84. The van der Waals surface area contributed by atoms with Gasteiger partial charge in [-0.25, -0.2) is 13.1 Å².